The van der Waals surface area contributed by atoms with Crippen LogP contribution >= 0.6 is 0 Å². The molecule has 2 heterocycles. The second kappa shape index (κ2) is 11.2. The van der Waals surface area contributed by atoms with Crippen LogP contribution in [0, 0.1) is 5.92 Å². The summed E-state index contributed by atoms with van der Waals surface area (Å²) >= 11 is 0. The van der Waals surface area contributed by atoms with Crippen molar-refractivity contribution in [3.05, 3.63) is 180 Å². The minimum Gasteiger partial charge on any atom is -0.456 e. The molecule has 1 atom stereocenters. The lowest BCUT2D eigenvalue weighted by atomic mass is 9.93. The zero-order valence-corrected chi connectivity index (χ0v) is 28.5. The average molecular weight is 667 g/mol. The summed E-state index contributed by atoms with van der Waals surface area (Å²) in [4.78, 5) is 0. The topological polar surface area (TPSA) is 44.1 Å². The minimum absolute atomic E-state index is 0.0997. The summed E-state index contributed by atoms with van der Waals surface area (Å²) in [6.45, 7) is 0. The van der Waals surface area contributed by atoms with Gasteiger partial charge in [-0.2, -0.15) is 0 Å². The lowest BCUT2D eigenvalue weighted by Gasteiger charge is -2.20. The number of furan rings is 1. The zero-order valence-electron chi connectivity index (χ0n) is 28.5. The fraction of sp³-hybridized carbons (Fsp3) is 0.0612. The third-order valence-electron chi connectivity index (χ3n) is 11.3. The maximum absolute atomic E-state index is 6.97. The van der Waals surface area contributed by atoms with Crippen LogP contribution in [0.1, 0.15) is 23.1 Å². The van der Waals surface area contributed by atoms with Crippen molar-refractivity contribution in [1.29, 1.82) is 0 Å². The summed E-state index contributed by atoms with van der Waals surface area (Å²) < 4.78 is 8.72. The third-order valence-corrected chi connectivity index (χ3v) is 11.3. The van der Waals surface area contributed by atoms with Gasteiger partial charge < -0.3 is 14.7 Å². The van der Waals surface area contributed by atoms with E-state index in [1.54, 1.807) is 0 Å². The summed E-state index contributed by atoms with van der Waals surface area (Å²) in [5.41, 5.74) is 22.2. The summed E-state index contributed by atoms with van der Waals surface area (Å²) in [5.74, 6) is 0.0997. The highest BCUT2D eigenvalue weighted by atomic mass is 16.3. The first-order valence-electron chi connectivity index (χ1n) is 18.1. The first kappa shape index (κ1) is 29.2. The van der Waals surface area contributed by atoms with Gasteiger partial charge in [-0.3, -0.25) is 0 Å². The maximum atomic E-state index is 6.97. The molecular weight excluding hydrogens is 633 g/mol. The van der Waals surface area contributed by atoms with Crippen LogP contribution in [0.25, 0.3) is 88.5 Å². The molecule has 2 aromatic heterocycles. The Hall–Kier alpha value is -6.58. The summed E-state index contributed by atoms with van der Waals surface area (Å²) in [5, 5.41) is 7.22. The number of fused-ring (bicyclic) bond motifs is 11. The van der Waals surface area contributed by atoms with E-state index in [0.717, 1.165) is 40.8 Å². The second-order valence-electron chi connectivity index (χ2n) is 14.2. The third kappa shape index (κ3) is 4.39. The van der Waals surface area contributed by atoms with E-state index in [2.05, 4.69) is 168 Å². The molecule has 0 fully saturated rings. The van der Waals surface area contributed by atoms with Crippen molar-refractivity contribution in [2.24, 2.45) is 11.7 Å². The molecule has 0 spiro atoms. The number of hydrogen-bond donors (Lipinski definition) is 1. The molecule has 0 saturated heterocycles. The van der Waals surface area contributed by atoms with Crippen LogP contribution in [-0.2, 0) is 6.42 Å². The Bertz CT molecular complexity index is 3040. The normalized spacial score (nSPS) is 15.6. The van der Waals surface area contributed by atoms with E-state index >= 15 is 0 Å². The highest BCUT2D eigenvalue weighted by Gasteiger charge is 2.22. The van der Waals surface area contributed by atoms with Gasteiger partial charge in [0, 0.05) is 38.9 Å². The van der Waals surface area contributed by atoms with Gasteiger partial charge >= 0.3 is 0 Å². The number of allylic oxidation sites excluding steroid dienone is 4. The van der Waals surface area contributed by atoms with Gasteiger partial charge in [-0.1, -0.05) is 115 Å². The number of para-hydroxylation sites is 1. The van der Waals surface area contributed by atoms with Gasteiger partial charge in [0.05, 0.1) is 11.0 Å². The molecule has 3 heteroatoms. The van der Waals surface area contributed by atoms with Crippen LogP contribution < -0.4 is 5.73 Å². The summed E-state index contributed by atoms with van der Waals surface area (Å²) in [6, 6.07) is 50.3. The standard InChI is InChI=1S/C49H34N2O/c50-44(29-34-11-8-17-39-37-14-3-2-10-33(37)28-41(34)39)35-12-7-13-36(25-35)51-45-18-6-5-16-40(45)42-26-31(19-22-46(42)51)32-21-23-47-43(27-32)49-38-15-4-1-9-30(38)20-24-48(49)52-47/h1-11,13-27,29,35H,12,28,50H2/b44-29-. The van der Waals surface area contributed by atoms with Crippen LogP contribution in [-0.4, -0.2) is 4.57 Å². The predicted molar refractivity (Wildman–Crippen MR) is 218 cm³/mol. The molecule has 3 nitrogen and oxygen atoms in total. The Morgan fingerprint density at radius 3 is 2.35 bits per heavy atom. The molecule has 0 aliphatic heterocycles. The maximum Gasteiger partial charge on any atom is 0.136 e. The number of rotatable bonds is 4. The molecule has 0 bridgehead atoms. The van der Waals surface area contributed by atoms with Crippen molar-refractivity contribution in [1.82, 2.24) is 4.57 Å². The molecule has 7 aromatic carbocycles. The van der Waals surface area contributed by atoms with Crippen LogP contribution in [0.2, 0.25) is 0 Å². The molecule has 246 valence electrons. The number of aromatic nitrogens is 1. The average Bonchev–Trinajstić information content (AvgIpc) is 3.87. The molecular formula is C49H34N2O. The Labute approximate surface area is 301 Å². The predicted octanol–water partition coefficient (Wildman–Crippen LogP) is 12.5. The quantitative estimate of drug-likeness (QED) is 0.203. The molecule has 2 N–H and O–H groups in total. The van der Waals surface area contributed by atoms with Crippen LogP contribution in [0.5, 0.6) is 0 Å². The largest absolute Gasteiger partial charge is 0.456 e. The second-order valence-corrected chi connectivity index (χ2v) is 14.2. The smallest absolute Gasteiger partial charge is 0.136 e. The van der Waals surface area contributed by atoms with Gasteiger partial charge in [0.15, 0.2) is 0 Å². The van der Waals surface area contributed by atoms with E-state index in [1.807, 2.05) is 0 Å². The zero-order chi connectivity index (χ0) is 34.3. The molecule has 11 rings (SSSR count). The van der Waals surface area contributed by atoms with Gasteiger partial charge in [0.2, 0.25) is 0 Å². The Balaban J connectivity index is 0.999. The number of hydrogen-bond acceptors (Lipinski definition) is 2. The fourth-order valence-corrected chi connectivity index (χ4v) is 8.81. The van der Waals surface area contributed by atoms with Crippen molar-refractivity contribution in [3.63, 3.8) is 0 Å². The monoisotopic (exact) mass is 666 g/mol. The Morgan fingerprint density at radius 1 is 0.654 bits per heavy atom. The van der Waals surface area contributed by atoms with E-state index in [-0.39, 0.29) is 5.92 Å². The van der Waals surface area contributed by atoms with Gasteiger partial charge in [-0.25, -0.2) is 0 Å². The van der Waals surface area contributed by atoms with E-state index in [9.17, 15) is 0 Å². The first-order valence-corrected chi connectivity index (χ1v) is 18.1. The first-order chi connectivity index (χ1) is 25.7. The van der Waals surface area contributed by atoms with Crippen LogP contribution in [0.15, 0.2) is 168 Å². The van der Waals surface area contributed by atoms with Crippen molar-refractivity contribution < 1.29 is 4.42 Å². The Morgan fingerprint density at radius 2 is 1.40 bits per heavy atom. The number of nitrogens with two attached hydrogens (primary N) is 1. The molecule has 0 radical (unpaired) electrons. The molecule has 0 amide bonds. The molecule has 0 saturated carbocycles. The molecule has 1 unspecified atom stereocenters. The van der Waals surface area contributed by atoms with Crippen molar-refractivity contribution in [2.45, 2.75) is 12.8 Å². The van der Waals surface area contributed by atoms with Crippen LogP contribution in [0.4, 0.5) is 0 Å². The minimum atomic E-state index is 0.0997. The van der Waals surface area contributed by atoms with Gasteiger partial charge in [0.25, 0.3) is 0 Å². The number of benzene rings is 7. The van der Waals surface area contributed by atoms with Gasteiger partial charge in [-0.05, 0) is 111 Å². The van der Waals surface area contributed by atoms with E-state index in [4.69, 9.17) is 10.2 Å². The molecule has 9 aromatic rings. The van der Waals surface area contributed by atoms with Gasteiger partial charge in [0.1, 0.15) is 11.2 Å². The molecule has 2 aliphatic carbocycles. The van der Waals surface area contributed by atoms with Crippen molar-refractivity contribution >= 4 is 66.3 Å². The van der Waals surface area contributed by atoms with E-state index in [1.165, 1.54) is 76.9 Å². The van der Waals surface area contributed by atoms with E-state index in [0.29, 0.717) is 0 Å². The van der Waals surface area contributed by atoms with Crippen molar-refractivity contribution in [2.75, 3.05) is 0 Å². The fourth-order valence-electron chi connectivity index (χ4n) is 8.81. The summed E-state index contributed by atoms with van der Waals surface area (Å²) in [6.07, 6.45) is 10.9. The van der Waals surface area contributed by atoms with E-state index < -0.39 is 0 Å². The molecule has 2 aliphatic rings. The Kier molecular flexibility index (Phi) is 6.29. The highest BCUT2D eigenvalue weighted by Crippen LogP contribution is 2.41. The van der Waals surface area contributed by atoms with Crippen molar-refractivity contribution in [3.8, 4) is 22.3 Å². The highest BCUT2D eigenvalue weighted by molar-refractivity contribution is 6.19. The number of nitrogens with zero attached hydrogens (tertiary/aromatic N) is 1. The summed E-state index contributed by atoms with van der Waals surface area (Å²) in [7, 11) is 0. The van der Waals surface area contributed by atoms with Gasteiger partial charge in [-0.15, -0.1) is 0 Å². The SMILES string of the molecule is N/C(=C\c1cccc2c1Cc1ccccc1-2)C1C=C(n2c3ccccc3c3cc(-c4ccc5oc6ccc7ccccc7c6c5c4)ccc32)C=CC1. The lowest BCUT2D eigenvalue weighted by molar-refractivity contribution is 0.669. The lowest BCUT2D eigenvalue weighted by Crippen LogP contribution is -2.13. The van der Waals surface area contributed by atoms with Crippen LogP contribution in [0.3, 0.4) is 0 Å². The molecule has 52 heavy (non-hydrogen) atoms.